The third-order valence-electron chi connectivity index (χ3n) is 4.39. The third kappa shape index (κ3) is 5.68. The van der Waals surface area contributed by atoms with E-state index in [1.165, 1.54) is 5.56 Å². The summed E-state index contributed by atoms with van der Waals surface area (Å²) in [7, 11) is 0. The summed E-state index contributed by atoms with van der Waals surface area (Å²) in [6, 6.07) is 8.04. The Bertz CT molecular complexity index is 531. The van der Waals surface area contributed by atoms with Crippen LogP contribution in [-0.2, 0) is 14.6 Å². The van der Waals surface area contributed by atoms with Crippen molar-refractivity contribution in [3.63, 3.8) is 0 Å². The van der Waals surface area contributed by atoms with Crippen LogP contribution >= 0.6 is 0 Å². The molecule has 0 saturated heterocycles. The molecule has 134 valence electrons. The van der Waals surface area contributed by atoms with E-state index in [4.69, 9.17) is 9.62 Å². The number of ether oxygens (including phenoxy) is 1. The number of rotatable bonds is 9. The van der Waals surface area contributed by atoms with Gasteiger partial charge >= 0.3 is 5.97 Å². The fourth-order valence-corrected chi connectivity index (χ4v) is 3.07. The molecule has 0 aliphatic heterocycles. The number of hydrogen-bond acceptors (Lipinski definition) is 4. The second-order valence-corrected chi connectivity index (χ2v) is 7.02. The SMILES string of the molecule is C=CC(=O)OOC(C)Oc1ccc(C(C(C)C)C(C)(C)CC)cc1. The fraction of sp³-hybridized carbons (Fsp3) is 0.550. The quantitative estimate of drug-likeness (QED) is 0.268. The molecule has 24 heavy (non-hydrogen) atoms. The van der Waals surface area contributed by atoms with Crippen LogP contribution in [0, 0.1) is 11.3 Å². The van der Waals surface area contributed by atoms with Crippen molar-refractivity contribution in [2.45, 2.75) is 60.2 Å². The average Bonchev–Trinajstić information content (AvgIpc) is 2.53. The molecule has 2 unspecified atom stereocenters. The molecule has 4 nitrogen and oxygen atoms in total. The van der Waals surface area contributed by atoms with Crippen molar-refractivity contribution in [1.29, 1.82) is 0 Å². The monoisotopic (exact) mass is 334 g/mol. The van der Waals surface area contributed by atoms with Gasteiger partial charge in [-0.3, -0.25) is 4.89 Å². The Morgan fingerprint density at radius 1 is 1.21 bits per heavy atom. The summed E-state index contributed by atoms with van der Waals surface area (Å²) in [5.74, 6) is 1.03. The predicted octanol–water partition coefficient (Wildman–Crippen LogP) is 5.25. The summed E-state index contributed by atoms with van der Waals surface area (Å²) in [6.07, 6.45) is 1.45. The van der Waals surface area contributed by atoms with Gasteiger partial charge in [0.05, 0.1) is 0 Å². The first-order valence-corrected chi connectivity index (χ1v) is 8.47. The van der Waals surface area contributed by atoms with Crippen molar-refractivity contribution in [3.8, 4) is 5.75 Å². The molecule has 0 fully saturated rings. The molecule has 4 heteroatoms. The summed E-state index contributed by atoms with van der Waals surface area (Å²) in [6.45, 7) is 16.3. The average molecular weight is 334 g/mol. The smallest absolute Gasteiger partial charge is 0.365 e. The van der Waals surface area contributed by atoms with Gasteiger partial charge in [0.1, 0.15) is 5.75 Å². The van der Waals surface area contributed by atoms with Crippen LogP contribution in [0.2, 0.25) is 0 Å². The second kappa shape index (κ2) is 8.88. The molecule has 0 aliphatic carbocycles. The molecule has 0 aliphatic rings. The van der Waals surface area contributed by atoms with Gasteiger partial charge in [0.15, 0.2) is 0 Å². The lowest BCUT2D eigenvalue weighted by Gasteiger charge is -2.37. The number of benzene rings is 1. The molecule has 0 heterocycles. The van der Waals surface area contributed by atoms with Crippen LogP contribution in [0.3, 0.4) is 0 Å². The maximum Gasteiger partial charge on any atom is 0.365 e. The lowest BCUT2D eigenvalue weighted by molar-refractivity contribution is -0.326. The molecular weight excluding hydrogens is 304 g/mol. The summed E-state index contributed by atoms with van der Waals surface area (Å²) < 4.78 is 5.58. The van der Waals surface area contributed by atoms with Crippen LogP contribution in [0.1, 0.15) is 59.4 Å². The zero-order valence-electron chi connectivity index (χ0n) is 15.7. The molecule has 1 rings (SSSR count). The van der Waals surface area contributed by atoms with Gasteiger partial charge in [0.25, 0.3) is 0 Å². The van der Waals surface area contributed by atoms with Gasteiger partial charge < -0.3 is 4.74 Å². The minimum Gasteiger partial charge on any atom is -0.461 e. The van der Waals surface area contributed by atoms with E-state index in [1.54, 1.807) is 6.92 Å². The molecule has 0 aromatic heterocycles. The lowest BCUT2D eigenvalue weighted by Crippen LogP contribution is -2.25. The summed E-state index contributed by atoms with van der Waals surface area (Å²) in [5, 5.41) is 0. The Labute approximate surface area is 145 Å². The number of carbonyl (C=O) groups excluding carboxylic acids is 1. The Morgan fingerprint density at radius 2 is 1.79 bits per heavy atom. The van der Waals surface area contributed by atoms with E-state index in [-0.39, 0.29) is 5.41 Å². The second-order valence-electron chi connectivity index (χ2n) is 7.02. The largest absolute Gasteiger partial charge is 0.461 e. The summed E-state index contributed by atoms with van der Waals surface area (Å²) >= 11 is 0. The van der Waals surface area contributed by atoms with Crippen molar-refractivity contribution in [3.05, 3.63) is 42.5 Å². The highest BCUT2D eigenvalue weighted by atomic mass is 17.2. The lowest BCUT2D eigenvalue weighted by atomic mass is 9.68. The van der Waals surface area contributed by atoms with Gasteiger partial charge in [-0.05, 0) is 34.9 Å². The summed E-state index contributed by atoms with van der Waals surface area (Å²) in [4.78, 5) is 20.3. The van der Waals surface area contributed by atoms with Crippen LogP contribution in [0.25, 0.3) is 0 Å². The van der Waals surface area contributed by atoms with E-state index in [9.17, 15) is 4.79 Å². The van der Waals surface area contributed by atoms with Gasteiger partial charge in [-0.2, -0.15) is 0 Å². The first kappa shape index (κ1) is 20.2. The van der Waals surface area contributed by atoms with E-state index < -0.39 is 12.3 Å². The van der Waals surface area contributed by atoms with Gasteiger partial charge in [-0.1, -0.05) is 59.8 Å². The Hall–Kier alpha value is -1.81. The van der Waals surface area contributed by atoms with Gasteiger partial charge in [-0.25, -0.2) is 4.79 Å². The molecule has 0 bridgehead atoms. The number of hydrogen-bond donors (Lipinski definition) is 0. The molecule has 2 atom stereocenters. The third-order valence-corrected chi connectivity index (χ3v) is 4.39. The molecule has 0 radical (unpaired) electrons. The van der Waals surface area contributed by atoms with Crippen LogP contribution in [0.5, 0.6) is 5.75 Å². The van der Waals surface area contributed by atoms with E-state index in [0.29, 0.717) is 17.6 Å². The highest BCUT2D eigenvalue weighted by Crippen LogP contribution is 2.43. The predicted molar refractivity (Wildman–Crippen MR) is 95.6 cm³/mol. The molecule has 0 amide bonds. The maximum absolute atomic E-state index is 11.0. The minimum absolute atomic E-state index is 0.228. The van der Waals surface area contributed by atoms with Crippen molar-refractivity contribution >= 4 is 5.97 Å². The topological polar surface area (TPSA) is 44.8 Å². The normalized spacial score (nSPS) is 14.1. The fourth-order valence-electron chi connectivity index (χ4n) is 3.07. The van der Waals surface area contributed by atoms with Crippen molar-refractivity contribution in [2.75, 3.05) is 0 Å². The van der Waals surface area contributed by atoms with E-state index in [1.807, 2.05) is 12.1 Å². The molecule has 0 spiro atoms. The van der Waals surface area contributed by atoms with E-state index >= 15 is 0 Å². The minimum atomic E-state index is -0.701. The highest BCUT2D eigenvalue weighted by Gasteiger charge is 2.31. The van der Waals surface area contributed by atoms with Gasteiger partial charge in [-0.15, -0.1) is 4.89 Å². The Morgan fingerprint density at radius 3 is 2.25 bits per heavy atom. The maximum atomic E-state index is 11.0. The van der Waals surface area contributed by atoms with Crippen LogP contribution in [0.4, 0.5) is 0 Å². The Kier molecular flexibility index (Phi) is 7.49. The van der Waals surface area contributed by atoms with Crippen molar-refractivity contribution < 1.29 is 19.3 Å². The zero-order valence-corrected chi connectivity index (χ0v) is 15.7. The first-order valence-electron chi connectivity index (χ1n) is 8.47. The van der Waals surface area contributed by atoms with Crippen LogP contribution in [0.15, 0.2) is 36.9 Å². The Balaban J connectivity index is 2.77. The van der Waals surface area contributed by atoms with Gasteiger partial charge in [0, 0.05) is 13.0 Å². The van der Waals surface area contributed by atoms with Crippen molar-refractivity contribution in [2.24, 2.45) is 11.3 Å². The van der Waals surface area contributed by atoms with Crippen LogP contribution in [-0.4, -0.2) is 12.3 Å². The first-order chi connectivity index (χ1) is 11.2. The van der Waals surface area contributed by atoms with Crippen LogP contribution < -0.4 is 4.74 Å². The van der Waals surface area contributed by atoms with E-state index in [2.05, 4.69) is 58.2 Å². The highest BCUT2D eigenvalue weighted by molar-refractivity contribution is 5.80. The zero-order chi connectivity index (χ0) is 18.3. The molecular formula is C20H30O4. The molecule has 0 N–H and O–H groups in total. The molecule has 1 aromatic carbocycles. The molecule has 0 saturated carbocycles. The number of carbonyl (C=O) groups is 1. The summed E-state index contributed by atoms with van der Waals surface area (Å²) in [5.41, 5.74) is 1.53. The van der Waals surface area contributed by atoms with Crippen molar-refractivity contribution in [1.82, 2.24) is 0 Å². The van der Waals surface area contributed by atoms with Gasteiger partial charge in [0.2, 0.25) is 6.29 Å². The molecule has 1 aromatic rings. The standard InChI is InChI=1S/C20H30O4/c1-8-18(21)24-23-15(5)22-17-12-10-16(11-13-17)19(14(3)4)20(6,7)9-2/h8,10-15,19H,1,9H2,2-7H3. The van der Waals surface area contributed by atoms with E-state index in [0.717, 1.165) is 12.5 Å².